The molecule has 1 amide bonds. The summed E-state index contributed by atoms with van der Waals surface area (Å²) in [5.41, 5.74) is 4.26. The summed E-state index contributed by atoms with van der Waals surface area (Å²) in [5, 5.41) is 3.06. The standard InChI is InChI=1S/C23H24N2O2/c1-17-6-3-4-8-21(17)14-23(26)25-18(2)20-9-11-22(12-10-20)27-16-19-7-5-13-24-15-19/h3-13,15,18H,14,16H2,1-2H3,(H,25,26)/t18-/m0/s1. The molecule has 0 unspecified atom stereocenters. The van der Waals surface area contributed by atoms with Crippen molar-refractivity contribution < 1.29 is 9.53 Å². The molecule has 0 spiro atoms. The van der Waals surface area contributed by atoms with Gasteiger partial charge in [0.25, 0.3) is 0 Å². The molecule has 27 heavy (non-hydrogen) atoms. The molecular weight excluding hydrogens is 336 g/mol. The normalized spacial score (nSPS) is 11.6. The molecule has 0 saturated heterocycles. The Kier molecular flexibility index (Phi) is 6.21. The van der Waals surface area contributed by atoms with E-state index in [9.17, 15) is 4.79 Å². The maximum atomic E-state index is 12.3. The smallest absolute Gasteiger partial charge is 0.224 e. The highest BCUT2D eigenvalue weighted by Gasteiger charge is 2.11. The molecule has 0 fully saturated rings. The number of nitrogens with one attached hydrogen (secondary N) is 1. The monoisotopic (exact) mass is 360 g/mol. The average molecular weight is 360 g/mol. The SMILES string of the molecule is Cc1ccccc1CC(=O)N[C@@H](C)c1ccc(OCc2cccnc2)cc1. The minimum atomic E-state index is -0.0612. The number of carbonyl (C=O) groups excluding carboxylic acids is 1. The zero-order valence-corrected chi connectivity index (χ0v) is 15.7. The summed E-state index contributed by atoms with van der Waals surface area (Å²) in [6, 6.07) is 19.6. The molecule has 0 saturated carbocycles. The first kappa shape index (κ1) is 18.6. The number of hydrogen-bond donors (Lipinski definition) is 1. The number of nitrogens with zero attached hydrogens (tertiary/aromatic N) is 1. The van der Waals surface area contributed by atoms with Crippen molar-refractivity contribution in [1.82, 2.24) is 10.3 Å². The van der Waals surface area contributed by atoms with Crippen LogP contribution in [0.3, 0.4) is 0 Å². The Balaban J connectivity index is 1.53. The molecule has 4 nitrogen and oxygen atoms in total. The van der Waals surface area contributed by atoms with Crippen LogP contribution in [0.15, 0.2) is 73.1 Å². The lowest BCUT2D eigenvalue weighted by molar-refractivity contribution is -0.121. The fourth-order valence-electron chi connectivity index (χ4n) is 2.86. The number of ether oxygens (including phenoxy) is 1. The fourth-order valence-corrected chi connectivity index (χ4v) is 2.86. The van der Waals surface area contributed by atoms with E-state index in [0.717, 1.165) is 28.0 Å². The number of benzene rings is 2. The third kappa shape index (κ3) is 5.42. The third-order valence-electron chi connectivity index (χ3n) is 4.50. The van der Waals surface area contributed by atoms with Crippen LogP contribution in [-0.2, 0) is 17.8 Å². The van der Waals surface area contributed by atoms with E-state index in [0.29, 0.717) is 13.0 Å². The van der Waals surface area contributed by atoms with Gasteiger partial charge in [-0.25, -0.2) is 0 Å². The largest absolute Gasteiger partial charge is 0.489 e. The Morgan fingerprint density at radius 3 is 2.56 bits per heavy atom. The van der Waals surface area contributed by atoms with Crippen LogP contribution in [0.2, 0.25) is 0 Å². The van der Waals surface area contributed by atoms with Crippen LogP contribution in [0.4, 0.5) is 0 Å². The van der Waals surface area contributed by atoms with Crippen LogP contribution in [-0.4, -0.2) is 10.9 Å². The van der Waals surface area contributed by atoms with Gasteiger partial charge in [-0.1, -0.05) is 42.5 Å². The van der Waals surface area contributed by atoms with Gasteiger partial charge < -0.3 is 10.1 Å². The molecule has 0 radical (unpaired) electrons. The molecule has 1 N–H and O–H groups in total. The summed E-state index contributed by atoms with van der Waals surface area (Å²) >= 11 is 0. The Morgan fingerprint density at radius 1 is 1.07 bits per heavy atom. The van der Waals surface area contributed by atoms with E-state index in [4.69, 9.17) is 4.74 Å². The highest BCUT2D eigenvalue weighted by atomic mass is 16.5. The lowest BCUT2D eigenvalue weighted by Gasteiger charge is -2.15. The highest BCUT2D eigenvalue weighted by molar-refractivity contribution is 5.79. The molecule has 0 aliphatic rings. The molecule has 3 rings (SSSR count). The molecule has 3 aromatic rings. The number of hydrogen-bond acceptors (Lipinski definition) is 3. The van der Waals surface area contributed by atoms with Gasteiger partial charge in [-0.3, -0.25) is 9.78 Å². The average Bonchev–Trinajstić information content (AvgIpc) is 2.69. The Bertz CT molecular complexity index is 876. The van der Waals surface area contributed by atoms with Crippen LogP contribution in [0.1, 0.15) is 35.2 Å². The van der Waals surface area contributed by atoms with Gasteiger partial charge in [-0.2, -0.15) is 0 Å². The topological polar surface area (TPSA) is 51.2 Å². The van der Waals surface area contributed by atoms with Crippen molar-refractivity contribution in [2.45, 2.75) is 32.9 Å². The molecule has 0 aliphatic carbocycles. The van der Waals surface area contributed by atoms with E-state index in [1.165, 1.54) is 0 Å². The van der Waals surface area contributed by atoms with Crippen molar-refractivity contribution in [3.05, 3.63) is 95.3 Å². The summed E-state index contributed by atoms with van der Waals surface area (Å²) in [6.07, 6.45) is 3.93. The van der Waals surface area contributed by atoms with E-state index in [1.54, 1.807) is 12.4 Å². The second-order valence-electron chi connectivity index (χ2n) is 6.61. The van der Waals surface area contributed by atoms with Gasteiger partial charge in [0.1, 0.15) is 12.4 Å². The first-order valence-corrected chi connectivity index (χ1v) is 9.07. The minimum absolute atomic E-state index is 0.0219. The second kappa shape index (κ2) is 8.99. The van der Waals surface area contributed by atoms with Crippen LogP contribution < -0.4 is 10.1 Å². The van der Waals surface area contributed by atoms with E-state index < -0.39 is 0 Å². The Hall–Kier alpha value is -3.14. The molecule has 0 bridgehead atoms. The zero-order valence-electron chi connectivity index (χ0n) is 15.7. The number of aryl methyl sites for hydroxylation is 1. The summed E-state index contributed by atoms with van der Waals surface area (Å²) < 4.78 is 5.77. The molecule has 2 aromatic carbocycles. The molecule has 138 valence electrons. The third-order valence-corrected chi connectivity index (χ3v) is 4.50. The van der Waals surface area contributed by atoms with Crippen LogP contribution in [0.5, 0.6) is 5.75 Å². The number of pyridine rings is 1. The summed E-state index contributed by atoms with van der Waals surface area (Å²) in [7, 11) is 0. The van der Waals surface area contributed by atoms with Gasteiger partial charge in [0.05, 0.1) is 12.5 Å². The second-order valence-corrected chi connectivity index (χ2v) is 6.61. The van der Waals surface area contributed by atoms with Gasteiger partial charge >= 0.3 is 0 Å². The minimum Gasteiger partial charge on any atom is -0.489 e. The van der Waals surface area contributed by atoms with Crippen molar-refractivity contribution in [2.75, 3.05) is 0 Å². The predicted molar refractivity (Wildman–Crippen MR) is 106 cm³/mol. The molecule has 1 aromatic heterocycles. The van der Waals surface area contributed by atoms with Crippen molar-refractivity contribution in [3.8, 4) is 5.75 Å². The van der Waals surface area contributed by atoms with Gasteiger partial charge in [0.2, 0.25) is 5.91 Å². The van der Waals surface area contributed by atoms with Crippen LogP contribution >= 0.6 is 0 Å². The van der Waals surface area contributed by atoms with Crippen molar-refractivity contribution in [3.63, 3.8) is 0 Å². The van der Waals surface area contributed by atoms with Crippen LogP contribution in [0, 0.1) is 6.92 Å². The van der Waals surface area contributed by atoms with Gasteiger partial charge in [0.15, 0.2) is 0 Å². The van der Waals surface area contributed by atoms with Gasteiger partial charge in [0, 0.05) is 18.0 Å². The molecule has 0 aliphatic heterocycles. The van der Waals surface area contributed by atoms with Gasteiger partial charge in [-0.05, 0) is 48.7 Å². The predicted octanol–water partition coefficient (Wildman–Crippen LogP) is 4.39. The molecule has 4 heteroatoms. The summed E-state index contributed by atoms with van der Waals surface area (Å²) in [5.74, 6) is 0.815. The van der Waals surface area contributed by atoms with Crippen LogP contribution in [0.25, 0.3) is 0 Å². The Labute approximate surface area is 160 Å². The maximum absolute atomic E-state index is 12.3. The van der Waals surface area contributed by atoms with Gasteiger partial charge in [-0.15, -0.1) is 0 Å². The van der Waals surface area contributed by atoms with E-state index in [-0.39, 0.29) is 11.9 Å². The molecule has 1 atom stereocenters. The quantitative estimate of drug-likeness (QED) is 0.680. The molecular formula is C23H24N2O2. The van der Waals surface area contributed by atoms with Crippen molar-refractivity contribution in [2.24, 2.45) is 0 Å². The van der Waals surface area contributed by atoms with E-state index in [1.807, 2.05) is 74.5 Å². The summed E-state index contributed by atoms with van der Waals surface area (Å²) in [4.78, 5) is 16.4. The number of carbonyl (C=O) groups is 1. The van der Waals surface area contributed by atoms with E-state index in [2.05, 4.69) is 10.3 Å². The zero-order chi connectivity index (χ0) is 19.1. The fraction of sp³-hybridized carbons (Fsp3) is 0.217. The van der Waals surface area contributed by atoms with Crippen molar-refractivity contribution in [1.29, 1.82) is 0 Å². The summed E-state index contributed by atoms with van der Waals surface area (Å²) in [6.45, 7) is 4.49. The molecule has 1 heterocycles. The lowest BCUT2D eigenvalue weighted by atomic mass is 10.0. The van der Waals surface area contributed by atoms with E-state index >= 15 is 0 Å². The first-order valence-electron chi connectivity index (χ1n) is 9.07. The number of aromatic nitrogens is 1. The number of amides is 1. The lowest BCUT2D eigenvalue weighted by Crippen LogP contribution is -2.28. The first-order chi connectivity index (χ1) is 13.1. The highest BCUT2D eigenvalue weighted by Crippen LogP contribution is 2.19. The van der Waals surface area contributed by atoms with Crippen molar-refractivity contribution >= 4 is 5.91 Å². The maximum Gasteiger partial charge on any atom is 0.224 e. The Morgan fingerprint density at radius 2 is 1.85 bits per heavy atom. The number of rotatable bonds is 7.